The van der Waals surface area contributed by atoms with Crippen molar-refractivity contribution in [3.63, 3.8) is 0 Å². The molecule has 2 aromatic heterocycles. The number of aryl methyl sites for hydroxylation is 2. The molecule has 2 N–H and O–H groups in total. The maximum Gasteiger partial charge on any atom is 0.115 e. The molecular weight excluding hydrogens is 276 g/mol. The zero-order valence-corrected chi connectivity index (χ0v) is 12.7. The first-order chi connectivity index (χ1) is 10.6. The molecule has 1 atom stereocenters. The third kappa shape index (κ3) is 2.53. The van der Waals surface area contributed by atoms with E-state index in [9.17, 15) is 10.2 Å². The van der Waals surface area contributed by atoms with Gasteiger partial charge in [0.2, 0.25) is 0 Å². The number of aliphatic hydroxyl groups excluding tert-OH is 1. The van der Waals surface area contributed by atoms with Crippen LogP contribution in [-0.2, 0) is 14.1 Å². The van der Waals surface area contributed by atoms with Gasteiger partial charge in [-0.25, -0.2) is 0 Å². The summed E-state index contributed by atoms with van der Waals surface area (Å²) in [5.74, 6) is -0.0455. The van der Waals surface area contributed by atoms with Crippen LogP contribution >= 0.6 is 0 Å². The lowest BCUT2D eigenvalue weighted by molar-refractivity contribution is 0.153. The van der Waals surface area contributed by atoms with Gasteiger partial charge in [0.1, 0.15) is 5.75 Å². The fourth-order valence-electron chi connectivity index (χ4n) is 2.97. The summed E-state index contributed by atoms with van der Waals surface area (Å²) in [5.41, 5.74) is 2.75. The maximum absolute atomic E-state index is 11.0. The number of aromatic hydroxyl groups is 1. The molecule has 0 aliphatic carbocycles. The summed E-state index contributed by atoms with van der Waals surface area (Å²) < 4.78 is 4.04. The lowest BCUT2D eigenvalue weighted by Crippen LogP contribution is -2.17. The predicted molar refractivity (Wildman–Crippen MR) is 85.7 cm³/mol. The van der Waals surface area contributed by atoms with Crippen molar-refractivity contribution in [1.82, 2.24) is 9.13 Å². The van der Waals surface area contributed by atoms with Gasteiger partial charge in [0.25, 0.3) is 0 Å². The SMILES string of the molecule is Cn1cccc1C(c1cccn1C)C(O)c1cccc(O)c1. The van der Waals surface area contributed by atoms with Gasteiger partial charge >= 0.3 is 0 Å². The average Bonchev–Trinajstić information content (AvgIpc) is 3.09. The van der Waals surface area contributed by atoms with Crippen LogP contribution in [0.4, 0.5) is 0 Å². The number of phenolic OH excluding ortho intramolecular Hbond substituents is 1. The van der Waals surface area contributed by atoms with E-state index >= 15 is 0 Å². The Bertz CT molecular complexity index is 733. The molecular formula is C18H20N2O2. The molecule has 1 unspecified atom stereocenters. The van der Waals surface area contributed by atoms with Crippen molar-refractivity contribution in [2.75, 3.05) is 0 Å². The third-order valence-electron chi connectivity index (χ3n) is 4.13. The van der Waals surface area contributed by atoms with Gasteiger partial charge in [-0.3, -0.25) is 0 Å². The number of hydrogen-bond acceptors (Lipinski definition) is 2. The van der Waals surface area contributed by atoms with Gasteiger partial charge in [-0.1, -0.05) is 12.1 Å². The highest BCUT2D eigenvalue weighted by molar-refractivity contribution is 5.35. The van der Waals surface area contributed by atoms with Crippen LogP contribution in [0.3, 0.4) is 0 Å². The van der Waals surface area contributed by atoms with E-state index in [0.29, 0.717) is 5.56 Å². The second-order valence-corrected chi connectivity index (χ2v) is 5.61. The van der Waals surface area contributed by atoms with Crippen molar-refractivity contribution in [3.8, 4) is 5.75 Å². The van der Waals surface area contributed by atoms with Crippen molar-refractivity contribution < 1.29 is 10.2 Å². The van der Waals surface area contributed by atoms with E-state index in [1.165, 1.54) is 0 Å². The second-order valence-electron chi connectivity index (χ2n) is 5.61. The number of phenols is 1. The smallest absolute Gasteiger partial charge is 0.115 e. The Morgan fingerprint density at radius 3 is 1.91 bits per heavy atom. The minimum absolute atomic E-state index is 0.161. The maximum atomic E-state index is 11.0. The minimum Gasteiger partial charge on any atom is -0.508 e. The van der Waals surface area contributed by atoms with Crippen LogP contribution in [0.2, 0.25) is 0 Å². The standard InChI is InChI=1S/C18H20N2O2/c1-19-10-4-8-15(19)17(16-9-5-11-20(16)2)18(22)13-6-3-7-14(21)12-13/h3-12,17-18,21-22H,1-2H3. The Hall–Kier alpha value is -2.46. The molecule has 1 aromatic carbocycles. The molecule has 22 heavy (non-hydrogen) atoms. The van der Waals surface area contributed by atoms with Crippen molar-refractivity contribution in [1.29, 1.82) is 0 Å². The average molecular weight is 296 g/mol. The number of rotatable bonds is 4. The van der Waals surface area contributed by atoms with E-state index in [0.717, 1.165) is 11.4 Å². The van der Waals surface area contributed by atoms with Crippen molar-refractivity contribution in [2.24, 2.45) is 14.1 Å². The van der Waals surface area contributed by atoms with Gasteiger partial charge in [0.05, 0.1) is 12.0 Å². The van der Waals surface area contributed by atoms with Crippen LogP contribution in [0.5, 0.6) is 5.75 Å². The van der Waals surface area contributed by atoms with Gasteiger partial charge in [0.15, 0.2) is 0 Å². The van der Waals surface area contributed by atoms with Crippen LogP contribution in [0.15, 0.2) is 60.9 Å². The number of hydrogen-bond donors (Lipinski definition) is 2. The molecule has 0 bridgehead atoms. The van der Waals surface area contributed by atoms with E-state index in [4.69, 9.17) is 0 Å². The van der Waals surface area contributed by atoms with Gasteiger partial charge < -0.3 is 19.3 Å². The highest BCUT2D eigenvalue weighted by Gasteiger charge is 2.28. The zero-order chi connectivity index (χ0) is 15.7. The molecule has 0 aliphatic rings. The van der Waals surface area contributed by atoms with Crippen molar-refractivity contribution in [3.05, 3.63) is 77.9 Å². The first-order valence-electron chi connectivity index (χ1n) is 7.27. The van der Waals surface area contributed by atoms with Crippen LogP contribution < -0.4 is 0 Å². The summed E-state index contributed by atoms with van der Waals surface area (Å²) in [4.78, 5) is 0. The van der Waals surface area contributed by atoms with Crippen molar-refractivity contribution >= 4 is 0 Å². The molecule has 3 aromatic rings. The Morgan fingerprint density at radius 1 is 0.864 bits per heavy atom. The van der Waals surface area contributed by atoms with Gasteiger partial charge in [-0.15, -0.1) is 0 Å². The van der Waals surface area contributed by atoms with Gasteiger partial charge in [-0.05, 0) is 42.0 Å². The summed E-state index contributed by atoms with van der Waals surface area (Å²) >= 11 is 0. The molecule has 0 fully saturated rings. The Balaban J connectivity index is 2.10. The molecule has 0 saturated carbocycles. The minimum atomic E-state index is -0.741. The number of aromatic nitrogens is 2. The Kier molecular flexibility index (Phi) is 3.77. The quantitative estimate of drug-likeness (QED) is 0.777. The summed E-state index contributed by atoms with van der Waals surface area (Å²) in [6, 6.07) is 14.8. The molecule has 114 valence electrons. The van der Waals surface area contributed by atoms with E-state index in [2.05, 4.69) is 0 Å². The molecule has 0 amide bonds. The van der Waals surface area contributed by atoms with E-state index < -0.39 is 6.10 Å². The Morgan fingerprint density at radius 2 is 1.45 bits per heavy atom. The predicted octanol–water partition coefficient (Wildman–Crippen LogP) is 2.93. The molecule has 4 heteroatoms. The molecule has 3 rings (SSSR count). The summed E-state index contributed by atoms with van der Waals surface area (Å²) in [6.45, 7) is 0. The Labute approximate surface area is 129 Å². The highest BCUT2D eigenvalue weighted by atomic mass is 16.3. The first-order valence-corrected chi connectivity index (χ1v) is 7.27. The van der Waals surface area contributed by atoms with Gasteiger partial charge in [0, 0.05) is 37.9 Å². The second kappa shape index (κ2) is 5.73. The van der Waals surface area contributed by atoms with E-state index in [-0.39, 0.29) is 11.7 Å². The molecule has 0 aliphatic heterocycles. The lowest BCUT2D eigenvalue weighted by Gasteiger charge is -2.25. The van der Waals surface area contributed by atoms with Crippen LogP contribution in [0, 0.1) is 0 Å². The lowest BCUT2D eigenvalue weighted by atomic mass is 9.89. The zero-order valence-electron chi connectivity index (χ0n) is 12.7. The fourth-order valence-corrected chi connectivity index (χ4v) is 2.97. The van der Waals surface area contributed by atoms with Gasteiger partial charge in [-0.2, -0.15) is 0 Å². The van der Waals surface area contributed by atoms with Crippen molar-refractivity contribution in [2.45, 2.75) is 12.0 Å². The summed E-state index contributed by atoms with van der Waals surface area (Å²) in [5, 5.41) is 20.7. The monoisotopic (exact) mass is 296 g/mol. The summed E-state index contributed by atoms with van der Waals surface area (Å²) in [6.07, 6.45) is 3.20. The van der Waals surface area contributed by atoms with Crippen LogP contribution in [-0.4, -0.2) is 19.3 Å². The number of nitrogens with zero attached hydrogens (tertiary/aromatic N) is 2. The number of benzene rings is 1. The van der Waals surface area contributed by atoms with Crippen LogP contribution in [0.25, 0.3) is 0 Å². The molecule has 0 saturated heterocycles. The topological polar surface area (TPSA) is 50.3 Å². The molecule has 4 nitrogen and oxygen atoms in total. The van der Waals surface area contributed by atoms with E-state index in [1.54, 1.807) is 18.2 Å². The normalized spacial score (nSPS) is 12.7. The third-order valence-corrected chi connectivity index (χ3v) is 4.13. The number of aliphatic hydroxyl groups is 1. The summed E-state index contributed by atoms with van der Waals surface area (Å²) in [7, 11) is 3.95. The molecule has 0 radical (unpaired) electrons. The molecule has 0 spiro atoms. The molecule has 2 heterocycles. The largest absolute Gasteiger partial charge is 0.508 e. The highest BCUT2D eigenvalue weighted by Crippen LogP contribution is 2.37. The van der Waals surface area contributed by atoms with Crippen LogP contribution in [0.1, 0.15) is 29.0 Å². The van der Waals surface area contributed by atoms with E-state index in [1.807, 2.05) is 66.0 Å². The first kappa shape index (κ1) is 14.5. The fraction of sp³-hybridized carbons (Fsp3) is 0.222.